The highest BCUT2D eigenvalue weighted by Crippen LogP contribution is 2.18. The number of nitrogens with zero attached hydrogens (tertiary/aromatic N) is 2. The maximum atomic E-state index is 12.8. The van der Waals surface area contributed by atoms with Gasteiger partial charge in [0, 0.05) is 0 Å². The van der Waals surface area contributed by atoms with Gasteiger partial charge in [-0.25, -0.2) is 19.6 Å². The first-order valence-electron chi connectivity index (χ1n) is 7.01. The van der Waals surface area contributed by atoms with Crippen molar-refractivity contribution in [1.29, 1.82) is 0 Å². The number of hydrogen-bond donors (Lipinski definition) is 1. The van der Waals surface area contributed by atoms with Gasteiger partial charge >= 0.3 is 11.9 Å². The fraction of sp³-hybridized carbons (Fsp3) is 0.250. The number of aromatic nitrogens is 2. The third-order valence-electron chi connectivity index (χ3n) is 2.42. The molecule has 6 nitrogen and oxygen atoms in total. The summed E-state index contributed by atoms with van der Waals surface area (Å²) in [6, 6.07) is 4.96. The molecule has 2 heterocycles. The number of hydrogen-bond acceptors (Lipinski definition) is 5. The quantitative estimate of drug-likeness (QED) is 0.483. The van der Waals surface area contributed by atoms with E-state index in [0.717, 1.165) is 12.1 Å². The second kappa shape index (κ2) is 9.13. The Morgan fingerprint density at radius 3 is 1.77 bits per heavy atom. The molecule has 0 saturated carbocycles. The number of carbonyl (C=O) groups excluding carboxylic acids is 1. The highest BCUT2D eigenvalue weighted by Gasteiger charge is 2.21. The minimum absolute atomic E-state index is 0.0510. The van der Waals surface area contributed by atoms with Crippen molar-refractivity contribution >= 4 is 43.8 Å². The molecule has 0 aliphatic carbocycles. The van der Waals surface area contributed by atoms with E-state index in [2.05, 4.69) is 41.8 Å². The van der Waals surface area contributed by atoms with E-state index >= 15 is 0 Å². The predicted molar refractivity (Wildman–Crippen MR) is 95.9 cm³/mol. The molecule has 140 valence electrons. The fourth-order valence-corrected chi connectivity index (χ4v) is 2.23. The fourth-order valence-electron chi connectivity index (χ4n) is 1.46. The van der Waals surface area contributed by atoms with Gasteiger partial charge in [0.1, 0.15) is 5.60 Å². The maximum Gasteiger partial charge on any atom is 0.358 e. The molecule has 2 aromatic heterocycles. The molecule has 0 fully saturated rings. The van der Waals surface area contributed by atoms with Gasteiger partial charge in [0.2, 0.25) is 11.9 Å². The molecule has 0 amide bonds. The lowest BCUT2D eigenvalue weighted by atomic mass is 10.2. The summed E-state index contributed by atoms with van der Waals surface area (Å²) in [5.74, 6) is -3.41. The summed E-state index contributed by atoms with van der Waals surface area (Å²) >= 11 is 6.03. The zero-order valence-electron chi connectivity index (χ0n) is 13.9. The molecule has 10 heteroatoms. The zero-order valence-corrected chi connectivity index (χ0v) is 17.1. The van der Waals surface area contributed by atoms with E-state index in [1.54, 1.807) is 20.8 Å². The highest BCUT2D eigenvalue weighted by molar-refractivity contribution is 9.10. The second-order valence-corrected chi connectivity index (χ2v) is 7.44. The summed E-state index contributed by atoms with van der Waals surface area (Å²) in [6.07, 6.45) is 0. The molecule has 26 heavy (non-hydrogen) atoms. The molecule has 0 saturated heterocycles. The third-order valence-corrected chi connectivity index (χ3v) is 3.70. The number of rotatable bonds is 2. The van der Waals surface area contributed by atoms with E-state index in [1.165, 1.54) is 12.1 Å². The molecule has 2 rings (SSSR count). The lowest BCUT2D eigenvalue weighted by Gasteiger charge is -2.19. The largest absolute Gasteiger partial charge is 0.476 e. The van der Waals surface area contributed by atoms with Crippen molar-refractivity contribution in [3.05, 3.63) is 56.5 Å². The number of carbonyl (C=O) groups is 2. The molecule has 0 radical (unpaired) electrons. The average Bonchev–Trinajstić information content (AvgIpc) is 2.50. The summed E-state index contributed by atoms with van der Waals surface area (Å²) in [6.45, 7) is 5.20. The number of carboxylic acids is 1. The molecule has 0 atom stereocenters. The molecule has 0 aliphatic heterocycles. The normalized spacial score (nSPS) is 10.6. The van der Waals surface area contributed by atoms with E-state index in [1.807, 2.05) is 0 Å². The van der Waals surface area contributed by atoms with Crippen molar-refractivity contribution in [2.75, 3.05) is 0 Å². The van der Waals surface area contributed by atoms with E-state index in [4.69, 9.17) is 9.84 Å². The Morgan fingerprint density at radius 2 is 1.38 bits per heavy atom. The van der Waals surface area contributed by atoms with Gasteiger partial charge in [-0.15, -0.1) is 0 Å². The first-order valence-corrected chi connectivity index (χ1v) is 8.60. The van der Waals surface area contributed by atoms with Gasteiger partial charge in [0.15, 0.2) is 11.4 Å². The molecule has 1 N–H and O–H groups in total. The second-order valence-electron chi connectivity index (χ2n) is 5.74. The van der Waals surface area contributed by atoms with Gasteiger partial charge in [-0.1, -0.05) is 0 Å². The molecule has 0 bridgehead atoms. The number of pyridine rings is 2. The van der Waals surface area contributed by atoms with Crippen molar-refractivity contribution in [3.8, 4) is 0 Å². The average molecular weight is 496 g/mol. The van der Waals surface area contributed by atoms with Gasteiger partial charge < -0.3 is 9.84 Å². The lowest BCUT2D eigenvalue weighted by molar-refractivity contribution is 0.00602. The zero-order chi connectivity index (χ0) is 20.1. The Kier molecular flexibility index (Phi) is 7.76. The minimum Gasteiger partial charge on any atom is -0.476 e. The first-order chi connectivity index (χ1) is 11.9. The number of ether oxygens (including phenoxy) is 1. The van der Waals surface area contributed by atoms with E-state index in [-0.39, 0.29) is 15.9 Å². The van der Waals surface area contributed by atoms with Crippen LogP contribution in [0.1, 0.15) is 41.7 Å². The van der Waals surface area contributed by atoms with Gasteiger partial charge in [-0.3, -0.25) is 0 Å². The summed E-state index contributed by atoms with van der Waals surface area (Å²) in [5.41, 5.74) is -0.986. The van der Waals surface area contributed by atoms with E-state index in [9.17, 15) is 18.4 Å². The maximum absolute atomic E-state index is 12.8. The van der Waals surface area contributed by atoms with Crippen molar-refractivity contribution < 1.29 is 28.2 Å². The van der Waals surface area contributed by atoms with Crippen molar-refractivity contribution in [3.63, 3.8) is 0 Å². The molecule has 0 unspecified atom stereocenters. The van der Waals surface area contributed by atoms with Crippen LogP contribution in [0.2, 0.25) is 0 Å². The Hall–Kier alpha value is -1.94. The number of carboxylic acid groups (broad SMARTS) is 1. The van der Waals surface area contributed by atoms with Crippen LogP contribution < -0.4 is 0 Å². The van der Waals surface area contributed by atoms with Crippen LogP contribution in [0.5, 0.6) is 0 Å². The van der Waals surface area contributed by atoms with Crippen LogP contribution in [0.25, 0.3) is 0 Å². The molecule has 0 aliphatic rings. The van der Waals surface area contributed by atoms with Crippen LogP contribution in [0.4, 0.5) is 8.78 Å². The Morgan fingerprint density at radius 1 is 0.962 bits per heavy atom. The topological polar surface area (TPSA) is 89.4 Å². The van der Waals surface area contributed by atoms with Crippen LogP contribution in [0.15, 0.2) is 33.2 Å². The number of aromatic carboxylic acids is 1. The van der Waals surface area contributed by atoms with Gasteiger partial charge in [0.05, 0.1) is 8.95 Å². The summed E-state index contributed by atoms with van der Waals surface area (Å²) < 4.78 is 30.9. The molecular weight excluding hydrogens is 482 g/mol. The summed E-state index contributed by atoms with van der Waals surface area (Å²) in [5, 5.41) is 8.43. The van der Waals surface area contributed by atoms with Crippen molar-refractivity contribution in [2.24, 2.45) is 0 Å². The van der Waals surface area contributed by atoms with Gasteiger partial charge in [-0.2, -0.15) is 8.78 Å². The first kappa shape index (κ1) is 22.1. The van der Waals surface area contributed by atoms with Crippen LogP contribution in [0.3, 0.4) is 0 Å². The van der Waals surface area contributed by atoms with Crippen LogP contribution in [-0.2, 0) is 4.74 Å². The summed E-state index contributed by atoms with van der Waals surface area (Å²) in [7, 11) is 0. The molecular formula is C16H14Br2F2N2O4. The SMILES string of the molecule is CC(C)(C)OC(=O)c1nc(F)ccc1Br.O=C(O)c1nc(F)ccc1Br. The third kappa shape index (κ3) is 7.12. The van der Waals surface area contributed by atoms with Crippen molar-refractivity contribution in [2.45, 2.75) is 26.4 Å². The van der Waals surface area contributed by atoms with Crippen LogP contribution >= 0.6 is 31.9 Å². The monoisotopic (exact) mass is 494 g/mol. The Balaban J connectivity index is 0.000000273. The Bertz CT molecular complexity index is 826. The van der Waals surface area contributed by atoms with Crippen LogP contribution in [-0.4, -0.2) is 32.6 Å². The van der Waals surface area contributed by atoms with Crippen LogP contribution in [0, 0.1) is 11.9 Å². The molecule has 0 spiro atoms. The van der Waals surface area contributed by atoms with E-state index in [0.29, 0.717) is 4.47 Å². The smallest absolute Gasteiger partial charge is 0.358 e. The predicted octanol–water partition coefficient (Wildman–Crippen LogP) is 4.62. The molecule has 2 aromatic rings. The standard InChI is InChI=1S/C10H11BrFNO2.C6H3BrFNO2/c1-10(2,3)15-9(14)8-6(11)4-5-7(12)13-8;7-3-1-2-4(8)9-5(3)6(10)11/h4-5H,1-3H3;1-2H,(H,10,11). The number of esters is 1. The molecule has 0 aromatic carbocycles. The van der Waals surface area contributed by atoms with Gasteiger partial charge in [0.25, 0.3) is 0 Å². The van der Waals surface area contributed by atoms with Crippen molar-refractivity contribution in [1.82, 2.24) is 9.97 Å². The summed E-state index contributed by atoms with van der Waals surface area (Å²) in [4.78, 5) is 28.5. The number of halogens is 4. The van der Waals surface area contributed by atoms with E-state index < -0.39 is 29.4 Å². The lowest BCUT2D eigenvalue weighted by Crippen LogP contribution is -2.24. The Labute approximate surface area is 164 Å². The highest BCUT2D eigenvalue weighted by atomic mass is 79.9. The van der Waals surface area contributed by atoms with Gasteiger partial charge in [-0.05, 0) is 76.9 Å². The minimum atomic E-state index is -1.25.